The topological polar surface area (TPSA) is 47.5 Å². The Morgan fingerprint density at radius 1 is 1.73 bits per heavy atom. The van der Waals surface area contributed by atoms with Gasteiger partial charge in [-0.05, 0) is 11.6 Å². The Hall–Kier alpha value is -1.29. The van der Waals surface area contributed by atoms with Crippen LogP contribution in [0.2, 0.25) is 0 Å². The smallest absolute Gasteiger partial charge is 0.272 e. The van der Waals surface area contributed by atoms with E-state index in [-0.39, 0.29) is 5.69 Å². The average molecular weight is 171 g/mol. The van der Waals surface area contributed by atoms with E-state index in [1.165, 1.54) is 17.0 Å². The Morgan fingerprint density at radius 3 is 3.18 bits per heavy atom. The van der Waals surface area contributed by atoms with Gasteiger partial charge in [-0.2, -0.15) is 4.57 Å². The van der Waals surface area contributed by atoms with Crippen LogP contribution in [0.5, 0.6) is 0 Å². The number of fused-ring (bicyclic) bond motifs is 1. The van der Waals surface area contributed by atoms with Gasteiger partial charge in [0, 0.05) is 6.07 Å². The number of hydrogen-bond acceptors (Lipinski definition) is 3. The quantitative estimate of drug-likeness (QED) is 0.607. The van der Waals surface area contributed by atoms with Crippen molar-refractivity contribution in [2.45, 2.75) is 0 Å². The van der Waals surface area contributed by atoms with Gasteiger partial charge in [-0.3, -0.25) is 4.79 Å². The first-order valence-corrected chi connectivity index (χ1v) is 3.28. The molecule has 2 aromatic rings. The molecule has 0 saturated carbocycles. The van der Waals surface area contributed by atoms with E-state index < -0.39 is 5.24 Å². The molecule has 0 radical (unpaired) electrons. The lowest BCUT2D eigenvalue weighted by atomic mass is 10.5. The van der Waals surface area contributed by atoms with Crippen LogP contribution in [0.15, 0.2) is 23.0 Å². The van der Waals surface area contributed by atoms with Crippen molar-refractivity contribution in [1.29, 1.82) is 0 Å². The minimum atomic E-state index is -0.580. The van der Waals surface area contributed by atoms with Gasteiger partial charge in [0.2, 0.25) is 0 Å². The molecule has 4 nitrogen and oxygen atoms in total. The standard InChI is InChI=1S/C6H3ClN2O2/c7-6(10)4-3-9-5(8-4)1-2-11-9/h1-3H. The normalized spacial score (nSPS) is 10.6. The molecular weight excluding hydrogens is 168 g/mol. The summed E-state index contributed by atoms with van der Waals surface area (Å²) in [6.45, 7) is 0. The number of imidazole rings is 1. The number of hydrogen-bond donors (Lipinski definition) is 0. The highest BCUT2D eigenvalue weighted by atomic mass is 35.5. The molecule has 0 bridgehead atoms. The second-order valence-corrected chi connectivity index (χ2v) is 2.34. The third kappa shape index (κ3) is 0.914. The second kappa shape index (κ2) is 2.10. The maximum atomic E-state index is 10.6. The van der Waals surface area contributed by atoms with Crippen molar-refractivity contribution in [2.24, 2.45) is 0 Å². The molecule has 0 aliphatic rings. The van der Waals surface area contributed by atoms with Crippen molar-refractivity contribution in [3.63, 3.8) is 0 Å². The number of halogens is 1. The fourth-order valence-corrected chi connectivity index (χ4v) is 0.917. The summed E-state index contributed by atoms with van der Waals surface area (Å²) in [6, 6.07) is 1.64. The van der Waals surface area contributed by atoms with Crippen LogP contribution in [0, 0.1) is 0 Å². The molecule has 2 heterocycles. The Morgan fingerprint density at radius 2 is 2.55 bits per heavy atom. The van der Waals surface area contributed by atoms with E-state index in [1.807, 2.05) is 0 Å². The summed E-state index contributed by atoms with van der Waals surface area (Å²) >= 11 is 5.18. The first-order chi connectivity index (χ1) is 5.27. The highest BCUT2D eigenvalue weighted by Crippen LogP contribution is 2.07. The molecule has 0 fully saturated rings. The molecule has 56 valence electrons. The fourth-order valence-electron chi connectivity index (χ4n) is 0.825. The maximum absolute atomic E-state index is 10.6. The lowest BCUT2D eigenvalue weighted by molar-refractivity contribution is 0.107. The lowest BCUT2D eigenvalue weighted by Crippen LogP contribution is -1.86. The van der Waals surface area contributed by atoms with Gasteiger partial charge in [-0.1, -0.05) is 0 Å². The number of aromatic nitrogens is 2. The molecule has 0 N–H and O–H groups in total. The van der Waals surface area contributed by atoms with Gasteiger partial charge in [-0.15, -0.1) is 0 Å². The van der Waals surface area contributed by atoms with Crippen molar-refractivity contribution in [3.05, 3.63) is 24.2 Å². The molecule has 5 heteroatoms. The van der Waals surface area contributed by atoms with Crippen molar-refractivity contribution < 1.29 is 9.32 Å². The SMILES string of the molecule is O=C(Cl)c1cn2occc2n1. The molecule has 11 heavy (non-hydrogen) atoms. The van der Waals surface area contributed by atoms with E-state index in [2.05, 4.69) is 4.98 Å². The molecule has 0 saturated heterocycles. The molecule has 0 amide bonds. The Kier molecular flexibility index (Phi) is 1.22. The van der Waals surface area contributed by atoms with Crippen LogP contribution < -0.4 is 0 Å². The van der Waals surface area contributed by atoms with Gasteiger partial charge < -0.3 is 4.52 Å². The lowest BCUT2D eigenvalue weighted by Gasteiger charge is -1.77. The van der Waals surface area contributed by atoms with E-state index in [0.29, 0.717) is 5.65 Å². The van der Waals surface area contributed by atoms with Gasteiger partial charge in [0.05, 0.1) is 6.20 Å². The van der Waals surface area contributed by atoms with Crippen molar-refractivity contribution in [1.82, 2.24) is 9.56 Å². The zero-order valence-corrected chi connectivity index (χ0v) is 6.08. The number of nitrogens with zero attached hydrogens (tertiary/aromatic N) is 2. The van der Waals surface area contributed by atoms with Crippen molar-refractivity contribution >= 4 is 22.5 Å². The van der Waals surface area contributed by atoms with Crippen molar-refractivity contribution in [3.8, 4) is 0 Å². The molecule has 2 aromatic heterocycles. The first kappa shape index (κ1) is 6.42. The number of carbonyl (C=O) groups is 1. The monoisotopic (exact) mass is 170 g/mol. The van der Waals surface area contributed by atoms with Crippen LogP contribution in [0.25, 0.3) is 5.65 Å². The van der Waals surface area contributed by atoms with Gasteiger partial charge in [0.15, 0.2) is 5.65 Å². The van der Waals surface area contributed by atoms with Crippen molar-refractivity contribution in [2.75, 3.05) is 0 Å². The summed E-state index contributed by atoms with van der Waals surface area (Å²) in [7, 11) is 0. The van der Waals surface area contributed by atoms with E-state index >= 15 is 0 Å². The summed E-state index contributed by atoms with van der Waals surface area (Å²) in [5.41, 5.74) is 0.778. The minimum absolute atomic E-state index is 0.200. The van der Waals surface area contributed by atoms with E-state index in [1.54, 1.807) is 6.07 Å². The first-order valence-electron chi connectivity index (χ1n) is 2.90. The third-order valence-corrected chi connectivity index (χ3v) is 1.49. The number of rotatable bonds is 1. The Bertz CT molecular complexity index is 375. The molecule has 0 unspecified atom stereocenters. The summed E-state index contributed by atoms with van der Waals surface area (Å²) in [4.78, 5) is 14.4. The summed E-state index contributed by atoms with van der Waals surface area (Å²) in [6.07, 6.45) is 2.91. The van der Waals surface area contributed by atoms with E-state index in [4.69, 9.17) is 16.1 Å². The van der Waals surface area contributed by atoms with Gasteiger partial charge >= 0.3 is 0 Å². The second-order valence-electron chi connectivity index (χ2n) is 1.99. The van der Waals surface area contributed by atoms with Crippen LogP contribution in [-0.4, -0.2) is 14.8 Å². The van der Waals surface area contributed by atoms with Crippen LogP contribution in [0.1, 0.15) is 10.5 Å². The molecule has 2 rings (SSSR count). The number of carbonyl (C=O) groups excluding carboxylic acids is 1. The highest BCUT2D eigenvalue weighted by molar-refractivity contribution is 6.67. The highest BCUT2D eigenvalue weighted by Gasteiger charge is 2.07. The average Bonchev–Trinajstić information content (AvgIpc) is 2.40. The van der Waals surface area contributed by atoms with Crippen LogP contribution in [0.4, 0.5) is 0 Å². The summed E-state index contributed by atoms with van der Waals surface area (Å²) in [5.74, 6) is 0. The van der Waals surface area contributed by atoms with Crippen LogP contribution >= 0.6 is 11.6 Å². The van der Waals surface area contributed by atoms with E-state index in [9.17, 15) is 4.79 Å². The zero-order valence-electron chi connectivity index (χ0n) is 5.32. The molecule has 0 spiro atoms. The van der Waals surface area contributed by atoms with Gasteiger partial charge in [0.1, 0.15) is 12.0 Å². The van der Waals surface area contributed by atoms with Crippen LogP contribution in [0.3, 0.4) is 0 Å². The van der Waals surface area contributed by atoms with Gasteiger partial charge in [0.25, 0.3) is 5.24 Å². The molecule has 0 aliphatic heterocycles. The maximum Gasteiger partial charge on any atom is 0.272 e. The predicted molar refractivity (Wildman–Crippen MR) is 37.6 cm³/mol. The zero-order chi connectivity index (χ0) is 7.84. The Balaban J connectivity index is 2.67. The fraction of sp³-hybridized carbons (Fsp3) is 0. The summed E-state index contributed by atoms with van der Waals surface area (Å²) < 4.78 is 6.26. The summed E-state index contributed by atoms with van der Waals surface area (Å²) in [5, 5.41) is -0.580. The molecular formula is C6H3ClN2O2. The van der Waals surface area contributed by atoms with Gasteiger partial charge in [-0.25, -0.2) is 4.98 Å². The van der Waals surface area contributed by atoms with E-state index in [0.717, 1.165) is 0 Å². The predicted octanol–water partition coefficient (Wildman–Crippen LogP) is 1.31. The Labute approximate surface area is 66.3 Å². The third-order valence-electron chi connectivity index (χ3n) is 1.29. The minimum Gasteiger partial charge on any atom is -0.381 e. The molecule has 0 aromatic carbocycles. The van der Waals surface area contributed by atoms with Crippen LogP contribution in [-0.2, 0) is 0 Å². The molecule has 0 atom stereocenters. The largest absolute Gasteiger partial charge is 0.381 e. The molecule has 0 aliphatic carbocycles.